The second-order valence-corrected chi connectivity index (χ2v) is 3.94. The number of allylic oxidation sites excluding steroid dienone is 1. The molecule has 0 aliphatic carbocycles. The summed E-state index contributed by atoms with van der Waals surface area (Å²) in [5, 5.41) is 0.804. The summed E-state index contributed by atoms with van der Waals surface area (Å²) >= 11 is 3.41. The molecule has 0 radical (unpaired) electrons. The average molecular weight is 255 g/mol. The number of halogens is 1. The van der Waals surface area contributed by atoms with E-state index in [-0.39, 0.29) is 0 Å². The largest absolute Gasteiger partial charge is 0.496 e. The molecule has 0 unspecified atom stereocenters. The van der Waals surface area contributed by atoms with Crippen LogP contribution >= 0.6 is 15.9 Å². The Morgan fingerprint density at radius 3 is 2.21 bits per heavy atom. The van der Waals surface area contributed by atoms with Crippen molar-refractivity contribution < 1.29 is 4.74 Å². The molecule has 0 aliphatic heterocycles. The Bertz CT molecular complexity index is 332. The number of rotatable bonds is 3. The zero-order valence-electron chi connectivity index (χ0n) is 8.86. The van der Waals surface area contributed by atoms with Crippen molar-refractivity contribution in [2.75, 3.05) is 12.4 Å². The quantitative estimate of drug-likeness (QED) is 0.748. The van der Waals surface area contributed by atoms with Gasteiger partial charge in [0.25, 0.3) is 0 Å². The number of alkyl halides is 1. The molecule has 0 spiro atoms. The highest BCUT2D eigenvalue weighted by Crippen LogP contribution is 2.27. The molecule has 1 nitrogen and oxygen atoms in total. The Morgan fingerprint density at radius 2 is 1.86 bits per heavy atom. The van der Waals surface area contributed by atoms with E-state index in [4.69, 9.17) is 4.74 Å². The lowest BCUT2D eigenvalue weighted by Crippen LogP contribution is -1.94. The first-order valence-electron chi connectivity index (χ1n) is 4.49. The van der Waals surface area contributed by atoms with Gasteiger partial charge in [-0.05, 0) is 48.2 Å². The normalized spacial score (nSPS) is 10.0. The summed E-state index contributed by atoms with van der Waals surface area (Å²) in [6.07, 6.45) is 0. The van der Waals surface area contributed by atoms with E-state index in [2.05, 4.69) is 48.5 Å². The third kappa shape index (κ3) is 2.18. The molecule has 0 aliphatic rings. The SMILES string of the molecule is C=C(CBr)c1cc(C)c(OC)c(C)c1. The summed E-state index contributed by atoms with van der Waals surface area (Å²) in [5.41, 5.74) is 4.59. The van der Waals surface area contributed by atoms with Gasteiger partial charge in [0.2, 0.25) is 0 Å². The molecule has 2 heteroatoms. The van der Waals surface area contributed by atoms with E-state index in [0.717, 1.165) is 27.8 Å². The van der Waals surface area contributed by atoms with Gasteiger partial charge >= 0.3 is 0 Å². The van der Waals surface area contributed by atoms with Crippen LogP contribution < -0.4 is 4.74 Å². The molecule has 0 N–H and O–H groups in total. The predicted molar refractivity (Wildman–Crippen MR) is 65.3 cm³/mol. The van der Waals surface area contributed by atoms with Gasteiger partial charge in [-0.25, -0.2) is 0 Å². The van der Waals surface area contributed by atoms with Crippen LogP contribution in [0.25, 0.3) is 5.57 Å². The number of hydrogen-bond acceptors (Lipinski definition) is 1. The van der Waals surface area contributed by atoms with Crippen LogP contribution in [0.15, 0.2) is 18.7 Å². The van der Waals surface area contributed by atoms with E-state index in [9.17, 15) is 0 Å². The first-order chi connectivity index (χ1) is 6.60. The molecule has 0 heterocycles. The maximum atomic E-state index is 5.30. The molecule has 1 aromatic rings. The Morgan fingerprint density at radius 1 is 1.36 bits per heavy atom. The van der Waals surface area contributed by atoms with Crippen molar-refractivity contribution in [3.63, 3.8) is 0 Å². The summed E-state index contributed by atoms with van der Waals surface area (Å²) in [5.74, 6) is 0.969. The van der Waals surface area contributed by atoms with Crippen molar-refractivity contribution in [2.45, 2.75) is 13.8 Å². The fourth-order valence-electron chi connectivity index (χ4n) is 1.55. The second kappa shape index (κ2) is 4.65. The minimum atomic E-state index is 0.804. The van der Waals surface area contributed by atoms with Crippen molar-refractivity contribution in [2.24, 2.45) is 0 Å². The number of benzene rings is 1. The van der Waals surface area contributed by atoms with Gasteiger partial charge in [-0.2, -0.15) is 0 Å². The Hall–Kier alpha value is -0.760. The van der Waals surface area contributed by atoms with Crippen LogP contribution in [0.5, 0.6) is 5.75 Å². The third-order valence-electron chi connectivity index (χ3n) is 2.23. The zero-order chi connectivity index (χ0) is 10.7. The summed E-state index contributed by atoms with van der Waals surface area (Å²) in [7, 11) is 1.70. The molecule has 0 amide bonds. The van der Waals surface area contributed by atoms with Crippen LogP contribution in [-0.2, 0) is 0 Å². The lowest BCUT2D eigenvalue weighted by molar-refractivity contribution is 0.408. The monoisotopic (exact) mass is 254 g/mol. The van der Waals surface area contributed by atoms with Crippen LogP contribution in [0.3, 0.4) is 0 Å². The fourth-order valence-corrected chi connectivity index (χ4v) is 1.88. The van der Waals surface area contributed by atoms with Crippen molar-refractivity contribution in [1.82, 2.24) is 0 Å². The number of aryl methyl sites for hydroxylation is 2. The molecule has 0 fully saturated rings. The zero-order valence-corrected chi connectivity index (χ0v) is 10.4. The third-order valence-corrected chi connectivity index (χ3v) is 2.91. The Labute approximate surface area is 93.9 Å². The first kappa shape index (κ1) is 11.3. The van der Waals surface area contributed by atoms with E-state index >= 15 is 0 Å². The molecule has 76 valence electrons. The molecule has 0 aromatic heterocycles. The summed E-state index contributed by atoms with van der Waals surface area (Å²) in [4.78, 5) is 0. The molecule has 0 atom stereocenters. The predicted octanol–water partition coefficient (Wildman–Crippen LogP) is 3.72. The van der Waals surface area contributed by atoms with E-state index in [1.165, 1.54) is 5.56 Å². The second-order valence-electron chi connectivity index (χ2n) is 3.38. The van der Waals surface area contributed by atoms with Gasteiger partial charge in [0.15, 0.2) is 0 Å². The molecular weight excluding hydrogens is 240 g/mol. The van der Waals surface area contributed by atoms with E-state index in [1.54, 1.807) is 7.11 Å². The fraction of sp³-hybridized carbons (Fsp3) is 0.333. The van der Waals surface area contributed by atoms with Crippen LogP contribution in [0.2, 0.25) is 0 Å². The van der Waals surface area contributed by atoms with E-state index in [1.807, 2.05) is 0 Å². The minimum absolute atomic E-state index is 0.804. The first-order valence-corrected chi connectivity index (χ1v) is 5.61. The van der Waals surface area contributed by atoms with E-state index < -0.39 is 0 Å². The van der Waals surface area contributed by atoms with E-state index in [0.29, 0.717) is 0 Å². The highest BCUT2D eigenvalue weighted by molar-refractivity contribution is 9.09. The maximum absolute atomic E-state index is 5.30. The molecule has 0 saturated carbocycles. The Kier molecular flexibility index (Phi) is 3.76. The van der Waals surface area contributed by atoms with Crippen LogP contribution in [0, 0.1) is 13.8 Å². The molecule has 14 heavy (non-hydrogen) atoms. The molecule has 1 rings (SSSR count). The van der Waals surface area contributed by atoms with Crippen molar-refractivity contribution in [1.29, 1.82) is 0 Å². The Balaban J connectivity index is 3.20. The molecule has 0 bridgehead atoms. The van der Waals surface area contributed by atoms with Gasteiger partial charge in [0, 0.05) is 5.33 Å². The summed E-state index contributed by atoms with van der Waals surface area (Å²) < 4.78 is 5.30. The number of methoxy groups -OCH3 is 1. The van der Waals surface area contributed by atoms with Crippen LogP contribution in [0.4, 0.5) is 0 Å². The average Bonchev–Trinajstić information content (AvgIpc) is 2.16. The number of hydrogen-bond donors (Lipinski definition) is 0. The standard InChI is InChI=1S/C12H15BrO/c1-8-5-11(10(3)7-13)6-9(2)12(8)14-4/h5-6H,3,7H2,1-2,4H3. The smallest absolute Gasteiger partial charge is 0.124 e. The topological polar surface area (TPSA) is 9.23 Å². The van der Waals surface area contributed by atoms with Gasteiger partial charge in [-0.15, -0.1) is 0 Å². The molecular formula is C12H15BrO. The van der Waals surface area contributed by atoms with Crippen molar-refractivity contribution in [3.05, 3.63) is 35.4 Å². The lowest BCUT2D eigenvalue weighted by Gasteiger charge is -2.11. The van der Waals surface area contributed by atoms with Gasteiger partial charge < -0.3 is 4.74 Å². The summed E-state index contributed by atoms with van der Waals surface area (Å²) in [6, 6.07) is 4.21. The lowest BCUT2D eigenvalue weighted by atomic mass is 10.0. The summed E-state index contributed by atoms with van der Waals surface area (Å²) in [6.45, 7) is 8.10. The molecule has 1 aromatic carbocycles. The number of ether oxygens (including phenoxy) is 1. The van der Waals surface area contributed by atoms with Crippen molar-refractivity contribution in [3.8, 4) is 5.75 Å². The highest BCUT2D eigenvalue weighted by Gasteiger charge is 2.06. The highest BCUT2D eigenvalue weighted by atomic mass is 79.9. The van der Waals surface area contributed by atoms with Crippen LogP contribution in [-0.4, -0.2) is 12.4 Å². The van der Waals surface area contributed by atoms with Crippen LogP contribution in [0.1, 0.15) is 16.7 Å². The van der Waals surface area contributed by atoms with Gasteiger partial charge in [-0.3, -0.25) is 0 Å². The minimum Gasteiger partial charge on any atom is -0.496 e. The van der Waals surface area contributed by atoms with Crippen molar-refractivity contribution >= 4 is 21.5 Å². The van der Waals surface area contributed by atoms with Gasteiger partial charge in [0.05, 0.1) is 7.11 Å². The maximum Gasteiger partial charge on any atom is 0.124 e. The van der Waals surface area contributed by atoms with Gasteiger partial charge in [-0.1, -0.05) is 22.5 Å². The van der Waals surface area contributed by atoms with Gasteiger partial charge in [0.1, 0.15) is 5.75 Å². The molecule has 0 saturated heterocycles.